The van der Waals surface area contributed by atoms with Gasteiger partial charge in [0.05, 0.1) is 17.6 Å². The molecule has 1 heterocycles. The Morgan fingerprint density at radius 2 is 2.29 bits per heavy atom. The Balaban J connectivity index is 2.48. The standard InChI is InChI=1S/C10H15N3O4/c1-16-7-9(17-2)6-12-10-4-3-8(5-11-10)13(14)15/h3-5,9H,6-7H2,1-2H3,(H,11,12). The van der Waals surface area contributed by atoms with Gasteiger partial charge in [0.25, 0.3) is 5.69 Å². The van der Waals surface area contributed by atoms with E-state index in [0.717, 1.165) is 0 Å². The minimum Gasteiger partial charge on any atom is -0.382 e. The van der Waals surface area contributed by atoms with Crippen LogP contribution in [-0.2, 0) is 9.47 Å². The van der Waals surface area contributed by atoms with Crippen LogP contribution in [0.15, 0.2) is 18.3 Å². The Morgan fingerprint density at radius 3 is 2.76 bits per heavy atom. The zero-order chi connectivity index (χ0) is 12.7. The molecule has 1 atom stereocenters. The van der Waals surface area contributed by atoms with Crippen molar-refractivity contribution < 1.29 is 14.4 Å². The smallest absolute Gasteiger partial charge is 0.287 e. The van der Waals surface area contributed by atoms with Crippen LogP contribution in [0.5, 0.6) is 0 Å². The highest BCUT2D eigenvalue weighted by molar-refractivity contribution is 5.40. The summed E-state index contributed by atoms with van der Waals surface area (Å²) in [5.74, 6) is 0.564. The first-order valence-corrected chi connectivity index (χ1v) is 5.03. The van der Waals surface area contributed by atoms with Crippen molar-refractivity contribution in [3.8, 4) is 0 Å². The van der Waals surface area contributed by atoms with Gasteiger partial charge in [0.1, 0.15) is 12.0 Å². The lowest BCUT2D eigenvalue weighted by Crippen LogP contribution is -2.26. The molecule has 0 fully saturated rings. The van der Waals surface area contributed by atoms with Gasteiger partial charge >= 0.3 is 0 Å². The van der Waals surface area contributed by atoms with Crippen LogP contribution in [0.25, 0.3) is 0 Å². The van der Waals surface area contributed by atoms with Gasteiger partial charge in [-0.15, -0.1) is 0 Å². The van der Waals surface area contributed by atoms with Gasteiger partial charge in [0.2, 0.25) is 0 Å². The van der Waals surface area contributed by atoms with Gasteiger partial charge in [-0.05, 0) is 6.07 Å². The van der Waals surface area contributed by atoms with Crippen molar-refractivity contribution in [2.75, 3.05) is 32.7 Å². The predicted octanol–water partition coefficient (Wildman–Crippen LogP) is 1.06. The van der Waals surface area contributed by atoms with Crippen LogP contribution in [0.4, 0.5) is 11.5 Å². The fourth-order valence-electron chi connectivity index (χ4n) is 1.21. The third-order valence-corrected chi connectivity index (χ3v) is 2.16. The predicted molar refractivity (Wildman–Crippen MR) is 62.1 cm³/mol. The number of pyridine rings is 1. The molecule has 1 aromatic heterocycles. The van der Waals surface area contributed by atoms with Crippen molar-refractivity contribution in [1.82, 2.24) is 4.98 Å². The van der Waals surface area contributed by atoms with Crippen molar-refractivity contribution in [3.63, 3.8) is 0 Å². The third-order valence-electron chi connectivity index (χ3n) is 2.16. The normalized spacial score (nSPS) is 12.1. The molecule has 7 nitrogen and oxygen atoms in total. The number of hydrogen-bond acceptors (Lipinski definition) is 6. The molecule has 1 aromatic rings. The van der Waals surface area contributed by atoms with Crippen LogP contribution in [0, 0.1) is 10.1 Å². The average Bonchev–Trinajstić information content (AvgIpc) is 2.35. The molecular formula is C10H15N3O4. The topological polar surface area (TPSA) is 86.5 Å². The SMILES string of the molecule is COCC(CNc1ccc([N+](=O)[O-])cn1)OC. The lowest BCUT2D eigenvalue weighted by atomic mass is 10.3. The van der Waals surface area contributed by atoms with Gasteiger partial charge in [-0.3, -0.25) is 10.1 Å². The molecule has 0 amide bonds. The maximum Gasteiger partial charge on any atom is 0.287 e. The van der Waals surface area contributed by atoms with E-state index in [1.807, 2.05) is 0 Å². The fraction of sp³-hybridized carbons (Fsp3) is 0.500. The number of anilines is 1. The number of aromatic nitrogens is 1. The fourth-order valence-corrected chi connectivity index (χ4v) is 1.21. The van der Waals surface area contributed by atoms with E-state index in [2.05, 4.69) is 10.3 Å². The molecule has 0 radical (unpaired) electrons. The van der Waals surface area contributed by atoms with Gasteiger partial charge in [-0.2, -0.15) is 0 Å². The first-order chi connectivity index (χ1) is 8.17. The molecule has 0 saturated heterocycles. The van der Waals surface area contributed by atoms with E-state index in [-0.39, 0.29) is 11.8 Å². The number of nitro groups is 1. The summed E-state index contributed by atoms with van der Waals surface area (Å²) in [6.07, 6.45) is 1.12. The summed E-state index contributed by atoms with van der Waals surface area (Å²) in [4.78, 5) is 13.8. The minimum atomic E-state index is -0.486. The molecule has 0 aliphatic carbocycles. The van der Waals surface area contributed by atoms with Gasteiger partial charge in [0, 0.05) is 26.8 Å². The number of ether oxygens (including phenoxy) is 2. The second-order valence-corrected chi connectivity index (χ2v) is 3.35. The molecule has 0 aromatic carbocycles. The number of rotatable bonds is 7. The molecule has 0 spiro atoms. The maximum absolute atomic E-state index is 10.4. The largest absolute Gasteiger partial charge is 0.382 e. The maximum atomic E-state index is 10.4. The Bertz CT molecular complexity index is 355. The zero-order valence-electron chi connectivity index (χ0n) is 9.75. The Kier molecular flexibility index (Phi) is 5.31. The lowest BCUT2D eigenvalue weighted by molar-refractivity contribution is -0.385. The number of nitrogens with zero attached hydrogens (tertiary/aromatic N) is 2. The van der Waals surface area contributed by atoms with Crippen LogP contribution in [-0.4, -0.2) is 43.4 Å². The monoisotopic (exact) mass is 241 g/mol. The molecule has 0 bridgehead atoms. The molecule has 7 heteroatoms. The molecule has 0 aliphatic heterocycles. The van der Waals surface area contributed by atoms with Crippen LogP contribution >= 0.6 is 0 Å². The van der Waals surface area contributed by atoms with Crippen LogP contribution in [0.3, 0.4) is 0 Å². The Morgan fingerprint density at radius 1 is 1.53 bits per heavy atom. The lowest BCUT2D eigenvalue weighted by Gasteiger charge is -2.15. The van der Waals surface area contributed by atoms with Crippen LogP contribution in [0.1, 0.15) is 0 Å². The van der Waals surface area contributed by atoms with E-state index in [1.54, 1.807) is 20.3 Å². The van der Waals surface area contributed by atoms with E-state index in [1.165, 1.54) is 12.3 Å². The van der Waals surface area contributed by atoms with E-state index in [0.29, 0.717) is 19.0 Å². The highest BCUT2D eigenvalue weighted by Crippen LogP contribution is 2.11. The number of methoxy groups -OCH3 is 2. The Labute approximate surface area is 98.9 Å². The van der Waals surface area contributed by atoms with Gasteiger partial charge in [-0.1, -0.05) is 0 Å². The van der Waals surface area contributed by atoms with Gasteiger partial charge < -0.3 is 14.8 Å². The van der Waals surface area contributed by atoms with E-state index in [4.69, 9.17) is 9.47 Å². The van der Waals surface area contributed by atoms with Crippen LogP contribution < -0.4 is 5.32 Å². The summed E-state index contributed by atoms with van der Waals surface area (Å²) in [5.41, 5.74) is -0.0317. The molecular weight excluding hydrogens is 226 g/mol. The van der Waals surface area contributed by atoms with Gasteiger partial charge in [0.15, 0.2) is 0 Å². The second-order valence-electron chi connectivity index (χ2n) is 3.35. The number of hydrogen-bond donors (Lipinski definition) is 1. The van der Waals surface area contributed by atoms with Crippen molar-refractivity contribution in [1.29, 1.82) is 0 Å². The highest BCUT2D eigenvalue weighted by Gasteiger charge is 2.08. The van der Waals surface area contributed by atoms with E-state index >= 15 is 0 Å². The molecule has 17 heavy (non-hydrogen) atoms. The van der Waals surface area contributed by atoms with E-state index < -0.39 is 4.92 Å². The highest BCUT2D eigenvalue weighted by atomic mass is 16.6. The van der Waals surface area contributed by atoms with E-state index in [9.17, 15) is 10.1 Å². The van der Waals surface area contributed by atoms with Gasteiger partial charge in [-0.25, -0.2) is 4.98 Å². The molecule has 0 saturated carbocycles. The van der Waals surface area contributed by atoms with Crippen LogP contribution in [0.2, 0.25) is 0 Å². The van der Waals surface area contributed by atoms with Crippen molar-refractivity contribution in [2.24, 2.45) is 0 Å². The third kappa shape index (κ3) is 4.33. The summed E-state index contributed by atoms with van der Waals surface area (Å²) in [7, 11) is 3.19. The average molecular weight is 241 g/mol. The first kappa shape index (κ1) is 13.3. The summed E-state index contributed by atoms with van der Waals surface area (Å²) in [6, 6.07) is 2.95. The van der Waals surface area contributed by atoms with Crippen molar-refractivity contribution in [3.05, 3.63) is 28.4 Å². The number of nitrogens with one attached hydrogen (secondary N) is 1. The summed E-state index contributed by atoms with van der Waals surface area (Å²) in [6.45, 7) is 0.992. The summed E-state index contributed by atoms with van der Waals surface area (Å²) >= 11 is 0. The first-order valence-electron chi connectivity index (χ1n) is 5.03. The molecule has 1 N–H and O–H groups in total. The zero-order valence-corrected chi connectivity index (χ0v) is 9.75. The quantitative estimate of drug-likeness (QED) is 0.567. The Hall–Kier alpha value is -1.73. The second kappa shape index (κ2) is 6.77. The summed E-state index contributed by atoms with van der Waals surface area (Å²) < 4.78 is 10.1. The van der Waals surface area contributed by atoms with Crippen molar-refractivity contribution in [2.45, 2.75) is 6.10 Å². The molecule has 94 valence electrons. The summed E-state index contributed by atoms with van der Waals surface area (Å²) in [5, 5.41) is 13.4. The minimum absolute atomic E-state index is 0.0317. The van der Waals surface area contributed by atoms with Crippen molar-refractivity contribution >= 4 is 11.5 Å². The molecule has 1 unspecified atom stereocenters. The molecule has 1 rings (SSSR count). The molecule has 0 aliphatic rings.